The molecule has 0 fully saturated rings. The van der Waals surface area contributed by atoms with Crippen LogP contribution in [0.1, 0.15) is 11.1 Å². The second kappa shape index (κ2) is 9.77. The van der Waals surface area contributed by atoms with Crippen LogP contribution in [0, 0.1) is 0 Å². The van der Waals surface area contributed by atoms with Crippen LogP contribution in [0.2, 0.25) is 0 Å². The van der Waals surface area contributed by atoms with Crippen molar-refractivity contribution in [1.82, 2.24) is 10.0 Å². The van der Waals surface area contributed by atoms with Gasteiger partial charge in [-0.1, -0.05) is 66.7 Å². The lowest BCUT2D eigenvalue weighted by molar-refractivity contribution is -0.122. The molecule has 1 amide bonds. The van der Waals surface area contributed by atoms with Crippen molar-refractivity contribution in [1.29, 1.82) is 0 Å². The zero-order valence-corrected chi connectivity index (χ0v) is 19.6. The molecule has 0 aliphatic carbocycles. The van der Waals surface area contributed by atoms with Gasteiger partial charge in [-0.05, 0) is 52.6 Å². The van der Waals surface area contributed by atoms with Crippen LogP contribution in [0.15, 0.2) is 95.9 Å². The molecule has 4 aromatic carbocycles. The van der Waals surface area contributed by atoms with Gasteiger partial charge >= 0.3 is 0 Å². The fraction of sp³-hybridized carbons (Fsp3) is 0.148. The number of carbonyl (C=O) groups is 1. The molecule has 5 rings (SSSR count). The lowest BCUT2D eigenvalue weighted by atomic mass is 10.1. The maximum Gasteiger partial charge on any atom is 0.241 e. The fourth-order valence-corrected chi connectivity index (χ4v) is 5.22. The van der Waals surface area contributed by atoms with Crippen LogP contribution in [-0.4, -0.2) is 27.2 Å². The Morgan fingerprint density at radius 1 is 0.800 bits per heavy atom. The normalized spacial score (nSPS) is 13.5. The van der Waals surface area contributed by atoms with E-state index in [0.29, 0.717) is 11.5 Å². The summed E-state index contributed by atoms with van der Waals surface area (Å²) in [4.78, 5) is 13.3. The molecule has 8 heteroatoms. The zero-order chi connectivity index (χ0) is 24.3. The Hall–Kier alpha value is -3.88. The Bertz CT molecular complexity index is 1470. The SMILES string of the molecule is O=C(NCc1ccc2c(c1)OCO2)[C@H](Cc1ccccc1)NS(=O)(=O)c1ccc2ccccc2c1. The highest BCUT2D eigenvalue weighted by Gasteiger charge is 2.26. The van der Waals surface area contributed by atoms with Crippen LogP contribution in [0.25, 0.3) is 10.8 Å². The highest BCUT2D eigenvalue weighted by molar-refractivity contribution is 7.89. The number of sulfonamides is 1. The van der Waals surface area contributed by atoms with E-state index < -0.39 is 22.0 Å². The van der Waals surface area contributed by atoms with Crippen molar-refractivity contribution < 1.29 is 22.7 Å². The first kappa shape index (κ1) is 22.9. The standard InChI is InChI=1S/C27H24N2O5S/c30-27(28-17-20-10-13-25-26(15-20)34-18-33-25)24(14-19-6-2-1-3-7-19)29-35(31,32)23-12-11-21-8-4-5-9-22(21)16-23/h1-13,15-16,24,29H,14,17-18H2,(H,28,30)/t24-/m0/s1. The van der Waals surface area contributed by atoms with Crippen molar-refractivity contribution in [2.24, 2.45) is 0 Å². The van der Waals surface area contributed by atoms with Crippen molar-refractivity contribution in [2.45, 2.75) is 23.9 Å². The minimum absolute atomic E-state index is 0.109. The van der Waals surface area contributed by atoms with Gasteiger partial charge in [0, 0.05) is 6.54 Å². The maximum atomic E-state index is 13.3. The van der Waals surface area contributed by atoms with E-state index in [9.17, 15) is 13.2 Å². The molecule has 0 saturated carbocycles. The predicted molar refractivity (Wildman–Crippen MR) is 133 cm³/mol. The third-order valence-electron chi connectivity index (χ3n) is 5.83. The number of benzene rings is 4. The van der Waals surface area contributed by atoms with Crippen molar-refractivity contribution in [3.05, 3.63) is 102 Å². The number of hydrogen-bond donors (Lipinski definition) is 2. The molecule has 0 saturated heterocycles. The Balaban J connectivity index is 1.36. The van der Waals surface area contributed by atoms with Crippen LogP contribution in [-0.2, 0) is 27.8 Å². The van der Waals surface area contributed by atoms with Gasteiger partial charge in [0.15, 0.2) is 11.5 Å². The summed E-state index contributed by atoms with van der Waals surface area (Å²) in [7, 11) is -3.95. The number of carbonyl (C=O) groups excluding carboxylic acids is 1. The Morgan fingerprint density at radius 2 is 1.54 bits per heavy atom. The molecular formula is C27H24N2O5S. The number of fused-ring (bicyclic) bond motifs is 2. The first-order chi connectivity index (χ1) is 17.0. The van der Waals surface area contributed by atoms with Gasteiger partial charge in [0.2, 0.25) is 22.7 Å². The van der Waals surface area contributed by atoms with Crippen LogP contribution >= 0.6 is 0 Å². The van der Waals surface area contributed by atoms with E-state index in [-0.39, 0.29) is 24.7 Å². The quantitative estimate of drug-likeness (QED) is 0.394. The third kappa shape index (κ3) is 5.29. The Kier molecular flexibility index (Phi) is 6.39. The van der Waals surface area contributed by atoms with Gasteiger partial charge in [0.1, 0.15) is 6.04 Å². The maximum absolute atomic E-state index is 13.3. The topological polar surface area (TPSA) is 93.7 Å². The molecule has 0 bridgehead atoms. The van der Waals surface area contributed by atoms with Crippen molar-refractivity contribution in [3.8, 4) is 11.5 Å². The molecule has 1 aliphatic rings. The second-order valence-corrected chi connectivity index (χ2v) is 9.99. The minimum Gasteiger partial charge on any atom is -0.454 e. The van der Waals surface area contributed by atoms with E-state index in [2.05, 4.69) is 10.0 Å². The highest BCUT2D eigenvalue weighted by Crippen LogP contribution is 2.32. The van der Waals surface area contributed by atoms with Gasteiger partial charge < -0.3 is 14.8 Å². The van der Waals surface area contributed by atoms with Gasteiger partial charge in [-0.15, -0.1) is 0 Å². The third-order valence-corrected chi connectivity index (χ3v) is 7.30. The number of nitrogens with one attached hydrogen (secondary N) is 2. The summed E-state index contributed by atoms with van der Waals surface area (Å²) in [6, 6.07) is 26.2. The largest absolute Gasteiger partial charge is 0.454 e. The zero-order valence-electron chi connectivity index (χ0n) is 18.8. The molecule has 0 radical (unpaired) electrons. The monoisotopic (exact) mass is 488 g/mol. The smallest absolute Gasteiger partial charge is 0.241 e. The van der Waals surface area contributed by atoms with Gasteiger partial charge in [-0.3, -0.25) is 4.79 Å². The Labute approximate surface area is 203 Å². The van der Waals surface area contributed by atoms with Crippen LogP contribution < -0.4 is 19.5 Å². The first-order valence-corrected chi connectivity index (χ1v) is 12.7. The van der Waals surface area contributed by atoms with Crippen molar-refractivity contribution >= 4 is 26.7 Å². The molecule has 7 nitrogen and oxygen atoms in total. The number of hydrogen-bond acceptors (Lipinski definition) is 5. The van der Waals surface area contributed by atoms with Crippen LogP contribution in [0.3, 0.4) is 0 Å². The average Bonchev–Trinajstić information content (AvgIpc) is 3.35. The molecule has 178 valence electrons. The molecule has 0 unspecified atom stereocenters. The van der Waals surface area contributed by atoms with E-state index in [4.69, 9.17) is 9.47 Å². The lowest BCUT2D eigenvalue weighted by Gasteiger charge is -2.19. The van der Waals surface area contributed by atoms with Gasteiger partial charge in [-0.25, -0.2) is 8.42 Å². The summed E-state index contributed by atoms with van der Waals surface area (Å²) in [5.41, 5.74) is 1.66. The predicted octanol–water partition coefficient (Wildman–Crippen LogP) is 3.77. The highest BCUT2D eigenvalue weighted by atomic mass is 32.2. The molecule has 1 heterocycles. The van der Waals surface area contributed by atoms with Gasteiger partial charge in [0.25, 0.3) is 0 Å². The van der Waals surface area contributed by atoms with Gasteiger partial charge in [-0.2, -0.15) is 4.72 Å². The van der Waals surface area contributed by atoms with Crippen LogP contribution in [0.5, 0.6) is 11.5 Å². The summed E-state index contributed by atoms with van der Waals surface area (Å²) in [6.45, 7) is 0.388. The molecular weight excluding hydrogens is 464 g/mol. The van der Waals surface area contributed by atoms with E-state index in [1.54, 1.807) is 30.3 Å². The number of rotatable bonds is 8. The first-order valence-electron chi connectivity index (χ1n) is 11.2. The lowest BCUT2D eigenvalue weighted by Crippen LogP contribution is -2.47. The summed E-state index contributed by atoms with van der Waals surface area (Å²) in [5.74, 6) is 0.857. The molecule has 4 aromatic rings. The van der Waals surface area contributed by atoms with Gasteiger partial charge in [0.05, 0.1) is 4.90 Å². The minimum atomic E-state index is -3.95. The summed E-state index contributed by atoms with van der Waals surface area (Å²) in [5, 5.41) is 4.60. The molecule has 35 heavy (non-hydrogen) atoms. The van der Waals surface area contributed by atoms with E-state index in [1.807, 2.05) is 60.7 Å². The van der Waals surface area contributed by atoms with Crippen molar-refractivity contribution in [3.63, 3.8) is 0 Å². The van der Waals surface area contributed by atoms with E-state index >= 15 is 0 Å². The molecule has 0 aromatic heterocycles. The number of ether oxygens (including phenoxy) is 2. The molecule has 1 atom stereocenters. The van der Waals surface area contributed by atoms with Crippen molar-refractivity contribution in [2.75, 3.05) is 6.79 Å². The van der Waals surface area contributed by atoms with E-state index in [0.717, 1.165) is 21.9 Å². The second-order valence-electron chi connectivity index (χ2n) is 8.28. The van der Waals surface area contributed by atoms with E-state index in [1.165, 1.54) is 0 Å². The summed E-state index contributed by atoms with van der Waals surface area (Å²) < 4.78 is 39.9. The van der Waals surface area contributed by atoms with Crippen LogP contribution in [0.4, 0.5) is 0 Å². The summed E-state index contributed by atoms with van der Waals surface area (Å²) in [6.07, 6.45) is 0.209. The number of amides is 1. The molecule has 1 aliphatic heterocycles. The Morgan fingerprint density at radius 3 is 2.37 bits per heavy atom. The molecule has 2 N–H and O–H groups in total. The fourth-order valence-electron chi connectivity index (χ4n) is 3.99. The molecule has 0 spiro atoms. The average molecular weight is 489 g/mol. The summed E-state index contributed by atoms with van der Waals surface area (Å²) >= 11 is 0.